The molecule has 0 radical (unpaired) electrons. The molecule has 0 saturated carbocycles. The third kappa shape index (κ3) is 6.20. The van der Waals surface area contributed by atoms with E-state index in [-0.39, 0.29) is 23.9 Å². The molecule has 9 heteroatoms. The lowest BCUT2D eigenvalue weighted by atomic mass is 10.1. The maximum Gasteiger partial charge on any atom is 0.422 e. The predicted octanol–water partition coefficient (Wildman–Crippen LogP) is 3.08. The summed E-state index contributed by atoms with van der Waals surface area (Å²) in [7, 11) is 0. The monoisotopic (exact) mass is 407 g/mol. The Kier molecular flexibility index (Phi) is 6.36. The molecule has 1 aliphatic rings. The van der Waals surface area contributed by atoms with Gasteiger partial charge in [0.15, 0.2) is 6.61 Å². The first kappa shape index (κ1) is 20.6. The highest BCUT2D eigenvalue weighted by Gasteiger charge is 2.28. The molecule has 2 aromatic rings. The van der Waals surface area contributed by atoms with E-state index >= 15 is 0 Å². The van der Waals surface area contributed by atoms with E-state index in [9.17, 15) is 22.8 Å². The first-order chi connectivity index (χ1) is 13.8. The van der Waals surface area contributed by atoms with Crippen molar-refractivity contribution in [1.82, 2.24) is 15.2 Å². The number of carbonyl (C=O) groups excluding carboxylic acids is 2. The second kappa shape index (κ2) is 8.93. The smallest absolute Gasteiger partial charge is 0.422 e. The second-order valence-electron chi connectivity index (χ2n) is 6.71. The molecular weight excluding hydrogens is 387 g/mol. The van der Waals surface area contributed by atoms with Gasteiger partial charge in [0.1, 0.15) is 0 Å². The molecule has 1 aromatic heterocycles. The summed E-state index contributed by atoms with van der Waals surface area (Å²) in [5.74, 6) is -0.457. The molecule has 2 heterocycles. The number of ether oxygens (including phenoxy) is 1. The quantitative estimate of drug-likeness (QED) is 0.766. The topological polar surface area (TPSA) is 71.5 Å². The molecule has 0 atom stereocenters. The number of alkyl halides is 3. The lowest BCUT2D eigenvalue weighted by molar-refractivity contribution is -0.154. The number of pyridine rings is 1. The molecule has 1 aliphatic heterocycles. The SMILES string of the molecule is O=C(NCc1cccc(CN2CCCC2=O)c1)c1ccc(OCC(F)(F)F)nc1. The van der Waals surface area contributed by atoms with Crippen LogP contribution in [0.3, 0.4) is 0 Å². The molecule has 0 spiro atoms. The lowest BCUT2D eigenvalue weighted by Crippen LogP contribution is -2.24. The summed E-state index contributed by atoms with van der Waals surface area (Å²) < 4.78 is 40.9. The summed E-state index contributed by atoms with van der Waals surface area (Å²) >= 11 is 0. The molecule has 0 aliphatic carbocycles. The Balaban J connectivity index is 1.52. The van der Waals surface area contributed by atoms with Gasteiger partial charge in [0.2, 0.25) is 11.8 Å². The Morgan fingerprint density at radius 2 is 2.00 bits per heavy atom. The van der Waals surface area contributed by atoms with Gasteiger partial charge in [-0.2, -0.15) is 13.2 Å². The van der Waals surface area contributed by atoms with E-state index in [4.69, 9.17) is 0 Å². The number of nitrogens with one attached hydrogen (secondary N) is 1. The first-order valence-electron chi connectivity index (χ1n) is 9.09. The minimum absolute atomic E-state index is 0.152. The fraction of sp³-hybridized carbons (Fsp3) is 0.350. The van der Waals surface area contributed by atoms with E-state index in [2.05, 4.69) is 15.0 Å². The zero-order valence-corrected chi connectivity index (χ0v) is 15.5. The molecule has 1 saturated heterocycles. The summed E-state index contributed by atoms with van der Waals surface area (Å²) in [6.07, 6.45) is -1.82. The van der Waals surface area contributed by atoms with Crippen molar-refractivity contribution in [3.63, 3.8) is 0 Å². The summed E-state index contributed by atoms with van der Waals surface area (Å²) in [6.45, 7) is 0.136. The number of nitrogens with zero attached hydrogens (tertiary/aromatic N) is 2. The maximum atomic E-state index is 12.2. The second-order valence-corrected chi connectivity index (χ2v) is 6.71. The molecule has 29 heavy (non-hydrogen) atoms. The Morgan fingerprint density at radius 1 is 1.21 bits per heavy atom. The van der Waals surface area contributed by atoms with Crippen LogP contribution in [0.25, 0.3) is 0 Å². The zero-order valence-electron chi connectivity index (χ0n) is 15.5. The Labute approximate surface area is 165 Å². The highest BCUT2D eigenvalue weighted by atomic mass is 19.4. The first-order valence-corrected chi connectivity index (χ1v) is 9.09. The molecule has 3 rings (SSSR count). The van der Waals surface area contributed by atoms with Crippen LogP contribution in [-0.2, 0) is 17.9 Å². The van der Waals surface area contributed by atoms with E-state index in [1.165, 1.54) is 12.1 Å². The van der Waals surface area contributed by atoms with Crippen LogP contribution >= 0.6 is 0 Å². The van der Waals surface area contributed by atoms with Crippen LogP contribution in [0.4, 0.5) is 13.2 Å². The average molecular weight is 407 g/mol. The van der Waals surface area contributed by atoms with Crippen molar-refractivity contribution in [3.05, 3.63) is 59.3 Å². The molecule has 2 amide bonds. The number of hydrogen-bond acceptors (Lipinski definition) is 4. The predicted molar refractivity (Wildman–Crippen MR) is 98.1 cm³/mol. The Bertz CT molecular complexity index is 869. The van der Waals surface area contributed by atoms with Gasteiger partial charge >= 0.3 is 6.18 Å². The normalized spacial score (nSPS) is 14.2. The van der Waals surface area contributed by atoms with Gasteiger partial charge < -0.3 is 15.0 Å². The van der Waals surface area contributed by atoms with Gasteiger partial charge in [0.05, 0.1) is 5.56 Å². The van der Waals surface area contributed by atoms with Gasteiger partial charge in [-0.1, -0.05) is 24.3 Å². The molecule has 6 nitrogen and oxygen atoms in total. The van der Waals surface area contributed by atoms with Gasteiger partial charge in [-0.15, -0.1) is 0 Å². The van der Waals surface area contributed by atoms with Gasteiger partial charge in [0, 0.05) is 38.3 Å². The van der Waals surface area contributed by atoms with Crippen LogP contribution in [0.1, 0.15) is 34.3 Å². The minimum Gasteiger partial charge on any atom is -0.468 e. The fourth-order valence-corrected chi connectivity index (χ4v) is 2.97. The van der Waals surface area contributed by atoms with Crippen LogP contribution in [-0.4, -0.2) is 41.0 Å². The molecule has 154 valence electrons. The number of rotatable bonds is 7. The number of benzene rings is 1. The largest absolute Gasteiger partial charge is 0.468 e. The molecule has 0 unspecified atom stereocenters. The Morgan fingerprint density at radius 3 is 2.66 bits per heavy atom. The number of halogens is 3. The van der Waals surface area contributed by atoms with E-state index in [0.29, 0.717) is 13.0 Å². The average Bonchev–Trinajstić information content (AvgIpc) is 3.09. The summed E-state index contributed by atoms with van der Waals surface area (Å²) in [5, 5.41) is 2.74. The van der Waals surface area contributed by atoms with Crippen LogP contribution in [0.2, 0.25) is 0 Å². The van der Waals surface area contributed by atoms with Crippen LogP contribution in [0.5, 0.6) is 5.88 Å². The van der Waals surface area contributed by atoms with Crippen LogP contribution in [0, 0.1) is 0 Å². The summed E-state index contributed by atoms with van der Waals surface area (Å²) in [5.41, 5.74) is 2.07. The third-order valence-corrected chi connectivity index (χ3v) is 4.37. The third-order valence-electron chi connectivity index (χ3n) is 4.37. The van der Waals surface area contributed by atoms with E-state index in [1.54, 1.807) is 0 Å². The van der Waals surface area contributed by atoms with Crippen molar-refractivity contribution < 1.29 is 27.5 Å². The van der Waals surface area contributed by atoms with E-state index in [1.807, 2.05) is 29.2 Å². The van der Waals surface area contributed by atoms with Crippen molar-refractivity contribution in [2.24, 2.45) is 0 Å². The highest BCUT2D eigenvalue weighted by molar-refractivity contribution is 5.93. The van der Waals surface area contributed by atoms with Gasteiger partial charge in [-0.25, -0.2) is 4.98 Å². The van der Waals surface area contributed by atoms with E-state index < -0.39 is 18.7 Å². The number of likely N-dealkylation sites (tertiary alicyclic amines) is 1. The molecular formula is C20H20F3N3O3. The summed E-state index contributed by atoms with van der Waals surface area (Å²) in [6, 6.07) is 10.2. The van der Waals surface area contributed by atoms with Crippen molar-refractivity contribution in [3.8, 4) is 5.88 Å². The van der Waals surface area contributed by atoms with Gasteiger partial charge in [0.25, 0.3) is 5.91 Å². The van der Waals surface area contributed by atoms with Gasteiger partial charge in [-0.05, 0) is 23.6 Å². The summed E-state index contributed by atoms with van der Waals surface area (Å²) in [4.78, 5) is 29.5. The Hall–Kier alpha value is -3.10. The van der Waals surface area contributed by atoms with Crippen molar-refractivity contribution in [1.29, 1.82) is 0 Å². The highest BCUT2D eigenvalue weighted by Crippen LogP contribution is 2.17. The number of carbonyl (C=O) groups is 2. The lowest BCUT2D eigenvalue weighted by Gasteiger charge is -2.16. The maximum absolute atomic E-state index is 12.2. The fourth-order valence-electron chi connectivity index (χ4n) is 2.97. The van der Waals surface area contributed by atoms with Crippen molar-refractivity contribution in [2.75, 3.05) is 13.2 Å². The number of amides is 2. The van der Waals surface area contributed by atoms with Crippen LogP contribution < -0.4 is 10.1 Å². The molecule has 1 aromatic carbocycles. The standard InChI is InChI=1S/C20H20F3N3O3/c21-20(22,23)13-29-17-7-6-16(11-24-17)19(28)25-10-14-3-1-4-15(9-14)12-26-8-2-5-18(26)27/h1,3-4,6-7,9,11H,2,5,8,10,12-13H2,(H,25,28). The van der Waals surface area contributed by atoms with Crippen LogP contribution in [0.15, 0.2) is 42.6 Å². The molecule has 1 fully saturated rings. The van der Waals surface area contributed by atoms with Gasteiger partial charge in [-0.3, -0.25) is 9.59 Å². The zero-order chi connectivity index (χ0) is 20.9. The molecule has 1 N–H and O–H groups in total. The van der Waals surface area contributed by atoms with Crippen molar-refractivity contribution in [2.45, 2.75) is 32.1 Å². The molecule has 0 bridgehead atoms. The van der Waals surface area contributed by atoms with E-state index in [0.717, 1.165) is 30.3 Å². The number of hydrogen-bond donors (Lipinski definition) is 1. The number of aromatic nitrogens is 1. The van der Waals surface area contributed by atoms with Crippen molar-refractivity contribution >= 4 is 11.8 Å². The minimum atomic E-state index is -4.45.